The largest absolute Gasteiger partial charge is 0.423 e. The standard InChI is InChI=1S/C40H47FO7/c1-5-8-27-11-13-28(14-12-27)29-15-17-33(36(41)23-29)32-22-35(34(10-7-20-43)38(24-32)48-39(45)25(2)3)30-16-18-37(47-40(46)26(4)44)31(21-30)9-6-19-42/h15-18,21-24,27-28,42-43H,2,5-14,19-20H2,1,3-4H3. The van der Waals surface area contributed by atoms with Gasteiger partial charge in [-0.1, -0.05) is 44.5 Å². The van der Waals surface area contributed by atoms with Gasteiger partial charge in [0.15, 0.2) is 0 Å². The van der Waals surface area contributed by atoms with E-state index in [9.17, 15) is 24.6 Å². The van der Waals surface area contributed by atoms with Crippen molar-refractivity contribution in [2.24, 2.45) is 5.92 Å². The Hall–Kier alpha value is -4.14. The van der Waals surface area contributed by atoms with Crippen LogP contribution in [0.5, 0.6) is 11.5 Å². The molecule has 4 rings (SSSR count). The molecule has 0 radical (unpaired) electrons. The number of carbonyl (C=O) groups excluding carboxylic acids is 3. The summed E-state index contributed by atoms with van der Waals surface area (Å²) in [6.07, 6.45) is 8.29. The van der Waals surface area contributed by atoms with Crippen molar-refractivity contribution in [1.29, 1.82) is 0 Å². The van der Waals surface area contributed by atoms with E-state index in [2.05, 4.69) is 13.5 Å². The molecule has 0 bridgehead atoms. The van der Waals surface area contributed by atoms with Crippen molar-refractivity contribution in [2.75, 3.05) is 13.2 Å². The summed E-state index contributed by atoms with van der Waals surface area (Å²) in [6.45, 7) is 8.40. The number of aryl methyl sites for hydroxylation is 1. The Bertz CT molecular complexity index is 1630. The molecule has 2 N–H and O–H groups in total. The van der Waals surface area contributed by atoms with E-state index < -0.39 is 17.7 Å². The van der Waals surface area contributed by atoms with Gasteiger partial charge in [-0.15, -0.1) is 0 Å². The number of ether oxygens (including phenoxy) is 2. The predicted molar refractivity (Wildman–Crippen MR) is 184 cm³/mol. The first-order valence-corrected chi connectivity index (χ1v) is 17.0. The normalized spacial score (nSPS) is 16.0. The minimum absolute atomic E-state index is 0.0992. The lowest BCUT2D eigenvalue weighted by Crippen LogP contribution is -2.17. The fourth-order valence-electron chi connectivity index (χ4n) is 6.55. The molecule has 8 heteroatoms. The highest BCUT2D eigenvalue weighted by Gasteiger charge is 2.24. The molecule has 7 nitrogen and oxygen atoms in total. The molecule has 0 unspecified atom stereocenters. The highest BCUT2D eigenvalue weighted by Crippen LogP contribution is 2.42. The van der Waals surface area contributed by atoms with Crippen LogP contribution in [0.25, 0.3) is 22.3 Å². The van der Waals surface area contributed by atoms with Crippen LogP contribution in [0.4, 0.5) is 4.39 Å². The van der Waals surface area contributed by atoms with Crippen molar-refractivity contribution < 1.29 is 38.5 Å². The first-order valence-electron chi connectivity index (χ1n) is 17.0. The number of rotatable bonds is 15. The zero-order chi connectivity index (χ0) is 34.8. The fourth-order valence-corrected chi connectivity index (χ4v) is 6.55. The van der Waals surface area contributed by atoms with E-state index in [0.29, 0.717) is 65.0 Å². The fraction of sp³-hybridized carbons (Fsp3) is 0.425. The minimum atomic E-state index is -0.999. The SMILES string of the molecule is C=C(C)C(=O)Oc1cc(-c2ccc(C3CCC(CCC)CC3)cc2F)cc(-c2ccc(OC(=O)C(C)=O)c(CCCO)c2)c1CCCO. The average Bonchev–Trinajstić information content (AvgIpc) is 3.07. The summed E-state index contributed by atoms with van der Waals surface area (Å²) in [5, 5.41) is 19.3. The molecular weight excluding hydrogens is 611 g/mol. The second kappa shape index (κ2) is 17.3. The Kier molecular flexibility index (Phi) is 13.2. The van der Waals surface area contributed by atoms with Crippen LogP contribution < -0.4 is 9.47 Å². The van der Waals surface area contributed by atoms with Crippen LogP contribution >= 0.6 is 0 Å². The first-order chi connectivity index (χ1) is 23.1. The number of halogens is 1. The van der Waals surface area contributed by atoms with E-state index >= 15 is 4.39 Å². The minimum Gasteiger partial charge on any atom is -0.423 e. The number of hydrogen-bond donors (Lipinski definition) is 2. The number of aliphatic hydroxyl groups excluding tert-OH is 2. The van der Waals surface area contributed by atoms with E-state index in [4.69, 9.17) is 9.47 Å². The second-order valence-corrected chi connectivity index (χ2v) is 12.8. The van der Waals surface area contributed by atoms with E-state index in [1.807, 2.05) is 12.1 Å². The highest BCUT2D eigenvalue weighted by atomic mass is 19.1. The maximum atomic E-state index is 16.0. The van der Waals surface area contributed by atoms with Gasteiger partial charge in [-0.3, -0.25) is 4.79 Å². The van der Waals surface area contributed by atoms with Crippen molar-refractivity contribution in [3.8, 4) is 33.8 Å². The summed E-state index contributed by atoms with van der Waals surface area (Å²) < 4.78 is 27.2. The summed E-state index contributed by atoms with van der Waals surface area (Å²) in [5.41, 5.74) is 4.55. The van der Waals surface area contributed by atoms with Gasteiger partial charge in [0.2, 0.25) is 5.78 Å². The third kappa shape index (κ3) is 9.26. The molecule has 0 spiro atoms. The lowest BCUT2D eigenvalue weighted by Gasteiger charge is -2.28. The molecule has 0 aliphatic heterocycles. The summed E-state index contributed by atoms with van der Waals surface area (Å²) in [5.74, 6) is -1.26. The highest BCUT2D eigenvalue weighted by molar-refractivity contribution is 6.33. The molecule has 0 saturated heterocycles. The number of aliphatic hydroxyl groups is 2. The Balaban J connectivity index is 1.84. The van der Waals surface area contributed by atoms with Crippen LogP contribution in [0.2, 0.25) is 0 Å². The third-order valence-corrected chi connectivity index (χ3v) is 9.13. The number of carbonyl (C=O) groups is 3. The number of hydrogen-bond acceptors (Lipinski definition) is 7. The molecule has 0 amide bonds. The van der Waals surface area contributed by atoms with E-state index in [-0.39, 0.29) is 36.1 Å². The molecular formula is C40H47FO7. The maximum Gasteiger partial charge on any atom is 0.379 e. The molecule has 0 atom stereocenters. The first kappa shape index (κ1) is 36.7. The van der Waals surface area contributed by atoms with Crippen molar-refractivity contribution >= 4 is 17.7 Å². The van der Waals surface area contributed by atoms with Gasteiger partial charge >= 0.3 is 11.9 Å². The molecule has 1 aliphatic rings. The van der Waals surface area contributed by atoms with Gasteiger partial charge in [0.1, 0.15) is 17.3 Å². The molecule has 3 aromatic carbocycles. The molecule has 0 aromatic heterocycles. The Morgan fingerprint density at radius 1 is 0.812 bits per heavy atom. The van der Waals surface area contributed by atoms with Gasteiger partial charge in [-0.25, -0.2) is 14.0 Å². The monoisotopic (exact) mass is 658 g/mol. The second-order valence-electron chi connectivity index (χ2n) is 12.8. The summed E-state index contributed by atoms with van der Waals surface area (Å²) in [7, 11) is 0. The number of ketones is 1. The van der Waals surface area contributed by atoms with Crippen LogP contribution in [0, 0.1) is 11.7 Å². The van der Waals surface area contributed by atoms with Crippen LogP contribution in [0.15, 0.2) is 60.7 Å². The third-order valence-electron chi connectivity index (χ3n) is 9.13. The van der Waals surface area contributed by atoms with Gasteiger partial charge in [-0.2, -0.15) is 0 Å². The zero-order valence-electron chi connectivity index (χ0n) is 28.3. The molecule has 1 saturated carbocycles. The van der Waals surface area contributed by atoms with Gasteiger partial charge in [0.05, 0.1) is 0 Å². The van der Waals surface area contributed by atoms with Crippen molar-refractivity contribution in [2.45, 2.75) is 90.9 Å². The van der Waals surface area contributed by atoms with Crippen molar-refractivity contribution in [3.05, 3.63) is 83.2 Å². The van der Waals surface area contributed by atoms with Crippen molar-refractivity contribution in [3.63, 3.8) is 0 Å². The van der Waals surface area contributed by atoms with Gasteiger partial charge in [0.25, 0.3) is 0 Å². The van der Waals surface area contributed by atoms with Crippen LogP contribution in [-0.2, 0) is 27.2 Å². The Labute approximate surface area is 282 Å². The topological polar surface area (TPSA) is 110 Å². The van der Waals surface area contributed by atoms with Gasteiger partial charge in [0, 0.05) is 36.8 Å². The lowest BCUT2D eigenvalue weighted by molar-refractivity contribution is -0.146. The van der Waals surface area contributed by atoms with E-state index in [1.165, 1.54) is 12.8 Å². The molecule has 0 heterocycles. The molecule has 1 fully saturated rings. The Morgan fingerprint density at radius 2 is 1.50 bits per heavy atom. The van der Waals surface area contributed by atoms with E-state index in [1.54, 1.807) is 43.3 Å². The lowest BCUT2D eigenvalue weighted by atomic mass is 9.77. The predicted octanol–water partition coefficient (Wildman–Crippen LogP) is 8.06. The summed E-state index contributed by atoms with van der Waals surface area (Å²) in [4.78, 5) is 36.6. The number of esters is 2. The number of benzene rings is 3. The maximum absolute atomic E-state index is 16.0. The summed E-state index contributed by atoms with van der Waals surface area (Å²) >= 11 is 0. The molecule has 256 valence electrons. The summed E-state index contributed by atoms with van der Waals surface area (Å²) in [6, 6.07) is 14.0. The smallest absolute Gasteiger partial charge is 0.379 e. The molecule has 48 heavy (non-hydrogen) atoms. The van der Waals surface area contributed by atoms with Gasteiger partial charge in [-0.05, 0) is 128 Å². The average molecular weight is 659 g/mol. The van der Waals surface area contributed by atoms with Crippen molar-refractivity contribution in [1.82, 2.24) is 0 Å². The van der Waals surface area contributed by atoms with Crippen LogP contribution in [0.1, 0.15) is 94.7 Å². The van der Waals surface area contributed by atoms with E-state index in [0.717, 1.165) is 44.1 Å². The van der Waals surface area contributed by atoms with Crippen LogP contribution in [-0.4, -0.2) is 41.1 Å². The number of Topliss-reactive ketones (excluding diaryl/α,β-unsaturated/α-hetero) is 1. The zero-order valence-corrected chi connectivity index (χ0v) is 28.3. The molecule has 3 aromatic rings. The Morgan fingerprint density at radius 3 is 2.12 bits per heavy atom. The van der Waals surface area contributed by atoms with Crippen LogP contribution in [0.3, 0.4) is 0 Å². The molecule has 1 aliphatic carbocycles. The quantitative estimate of drug-likeness (QED) is 0.0736. The van der Waals surface area contributed by atoms with Gasteiger partial charge < -0.3 is 19.7 Å².